The molecule has 0 aromatic carbocycles. The van der Waals surface area contributed by atoms with Gasteiger partial charge in [0.2, 0.25) is 5.91 Å². The van der Waals surface area contributed by atoms with Crippen molar-refractivity contribution in [2.24, 2.45) is 5.92 Å². The lowest BCUT2D eigenvalue weighted by Gasteiger charge is -2.18. The minimum atomic E-state index is -1.14. The molecule has 1 aliphatic rings. The summed E-state index contributed by atoms with van der Waals surface area (Å²) in [6.07, 6.45) is 0.841. The number of carbonyl (C=O) groups is 3. The molecule has 19 heavy (non-hydrogen) atoms. The van der Waals surface area contributed by atoms with Crippen molar-refractivity contribution in [1.29, 1.82) is 0 Å². The molecule has 0 aliphatic heterocycles. The second-order valence-corrected chi connectivity index (χ2v) is 5.35. The van der Waals surface area contributed by atoms with Gasteiger partial charge in [-0.1, -0.05) is 13.8 Å². The first-order valence-electron chi connectivity index (χ1n) is 6.36. The Morgan fingerprint density at radius 1 is 1.21 bits per heavy atom. The van der Waals surface area contributed by atoms with E-state index in [1.165, 1.54) is 0 Å². The van der Waals surface area contributed by atoms with Crippen LogP contribution in [0.15, 0.2) is 0 Å². The van der Waals surface area contributed by atoms with E-state index in [2.05, 4.69) is 16.0 Å². The standard InChI is InChI=1S/C12H21N3O4/c1-7(2)6-13-9(16)8(3)14-11(19)15-12(4-5-12)10(17)18/h7-8H,4-6H2,1-3H3,(H,13,16)(H,17,18)(H2,14,15,19). The Labute approximate surface area is 112 Å². The van der Waals surface area contributed by atoms with Gasteiger partial charge in [0.05, 0.1) is 0 Å². The third kappa shape index (κ3) is 4.42. The molecule has 7 nitrogen and oxygen atoms in total. The number of carboxylic acid groups (broad SMARTS) is 1. The summed E-state index contributed by atoms with van der Waals surface area (Å²) in [6.45, 7) is 6.02. The van der Waals surface area contributed by atoms with E-state index >= 15 is 0 Å². The van der Waals surface area contributed by atoms with Crippen molar-refractivity contribution in [2.75, 3.05) is 6.54 Å². The van der Waals surface area contributed by atoms with Crippen LogP contribution in [0.4, 0.5) is 4.79 Å². The number of hydrogen-bond donors (Lipinski definition) is 4. The third-order valence-electron chi connectivity index (χ3n) is 2.94. The molecule has 1 saturated carbocycles. The minimum Gasteiger partial charge on any atom is -0.480 e. The quantitative estimate of drug-likeness (QED) is 0.548. The van der Waals surface area contributed by atoms with Crippen LogP contribution in [0.1, 0.15) is 33.6 Å². The van der Waals surface area contributed by atoms with Gasteiger partial charge in [0.25, 0.3) is 0 Å². The first-order chi connectivity index (χ1) is 8.77. The summed E-state index contributed by atoms with van der Waals surface area (Å²) in [6, 6.07) is -1.34. The molecule has 4 N–H and O–H groups in total. The first-order valence-corrected chi connectivity index (χ1v) is 6.36. The zero-order valence-corrected chi connectivity index (χ0v) is 11.4. The summed E-state index contributed by atoms with van der Waals surface area (Å²) in [7, 11) is 0. The zero-order chi connectivity index (χ0) is 14.6. The van der Waals surface area contributed by atoms with Gasteiger partial charge in [-0.3, -0.25) is 4.79 Å². The molecule has 1 aliphatic carbocycles. The predicted octanol–water partition coefficient (Wildman–Crippen LogP) is 0.0635. The van der Waals surface area contributed by atoms with Crippen LogP contribution in [0, 0.1) is 5.92 Å². The van der Waals surface area contributed by atoms with Gasteiger partial charge >= 0.3 is 12.0 Å². The number of carboxylic acids is 1. The fourth-order valence-electron chi connectivity index (χ4n) is 1.49. The van der Waals surface area contributed by atoms with Crippen LogP contribution < -0.4 is 16.0 Å². The molecular formula is C12H21N3O4. The molecule has 108 valence electrons. The van der Waals surface area contributed by atoms with Crippen LogP contribution in [0.2, 0.25) is 0 Å². The number of nitrogens with one attached hydrogen (secondary N) is 3. The Kier molecular flexibility index (Phi) is 4.74. The first kappa shape index (κ1) is 15.3. The Balaban J connectivity index is 2.36. The number of aliphatic carboxylic acids is 1. The number of urea groups is 1. The lowest BCUT2D eigenvalue weighted by Crippen LogP contribution is -2.53. The van der Waals surface area contributed by atoms with E-state index in [0.29, 0.717) is 25.3 Å². The lowest BCUT2D eigenvalue weighted by molar-refractivity contribution is -0.140. The molecule has 0 bridgehead atoms. The van der Waals surface area contributed by atoms with Crippen LogP contribution in [0.25, 0.3) is 0 Å². The van der Waals surface area contributed by atoms with Crippen molar-refractivity contribution in [3.05, 3.63) is 0 Å². The van der Waals surface area contributed by atoms with E-state index in [1.807, 2.05) is 13.8 Å². The highest BCUT2D eigenvalue weighted by molar-refractivity contribution is 5.91. The van der Waals surface area contributed by atoms with Crippen LogP contribution in [0.5, 0.6) is 0 Å². The number of rotatable bonds is 6. The molecule has 0 aromatic heterocycles. The van der Waals surface area contributed by atoms with E-state index < -0.39 is 23.6 Å². The monoisotopic (exact) mass is 271 g/mol. The molecule has 3 amide bonds. The molecule has 0 aromatic rings. The molecule has 0 heterocycles. The zero-order valence-electron chi connectivity index (χ0n) is 11.4. The maximum atomic E-state index is 11.6. The number of amides is 3. The van der Waals surface area contributed by atoms with Gasteiger partial charge in [-0.05, 0) is 25.7 Å². The van der Waals surface area contributed by atoms with Crippen LogP contribution >= 0.6 is 0 Å². The lowest BCUT2D eigenvalue weighted by atomic mass is 10.2. The van der Waals surface area contributed by atoms with Crippen LogP contribution in [-0.2, 0) is 9.59 Å². The van der Waals surface area contributed by atoms with Gasteiger partial charge in [-0.2, -0.15) is 0 Å². The molecule has 1 fully saturated rings. The average Bonchev–Trinajstić information content (AvgIpc) is 3.06. The van der Waals surface area contributed by atoms with Gasteiger partial charge in [0, 0.05) is 6.54 Å². The highest BCUT2D eigenvalue weighted by atomic mass is 16.4. The summed E-state index contributed by atoms with van der Waals surface area (Å²) < 4.78 is 0. The van der Waals surface area contributed by atoms with Crippen molar-refractivity contribution in [1.82, 2.24) is 16.0 Å². The fraction of sp³-hybridized carbons (Fsp3) is 0.750. The molecule has 7 heteroatoms. The smallest absolute Gasteiger partial charge is 0.329 e. The van der Waals surface area contributed by atoms with Crippen LogP contribution in [-0.4, -0.2) is 41.1 Å². The average molecular weight is 271 g/mol. The van der Waals surface area contributed by atoms with Gasteiger partial charge in [0.1, 0.15) is 11.6 Å². The van der Waals surface area contributed by atoms with Crippen molar-refractivity contribution in [2.45, 2.75) is 45.2 Å². The highest BCUT2D eigenvalue weighted by Gasteiger charge is 2.51. The van der Waals surface area contributed by atoms with E-state index in [9.17, 15) is 14.4 Å². The summed E-state index contributed by atoms with van der Waals surface area (Å²) >= 11 is 0. The molecule has 1 atom stereocenters. The van der Waals surface area contributed by atoms with E-state index in [4.69, 9.17) is 5.11 Å². The Hall–Kier alpha value is -1.79. The summed E-state index contributed by atoms with van der Waals surface area (Å²) in [5.74, 6) is -1.00. The molecule has 0 radical (unpaired) electrons. The Bertz CT molecular complexity index is 377. The van der Waals surface area contributed by atoms with Gasteiger partial charge in [-0.25, -0.2) is 9.59 Å². The predicted molar refractivity (Wildman–Crippen MR) is 68.6 cm³/mol. The topological polar surface area (TPSA) is 108 Å². The van der Waals surface area contributed by atoms with Gasteiger partial charge in [-0.15, -0.1) is 0 Å². The maximum absolute atomic E-state index is 11.6. The number of hydrogen-bond acceptors (Lipinski definition) is 3. The van der Waals surface area contributed by atoms with E-state index in [0.717, 1.165) is 0 Å². The van der Waals surface area contributed by atoms with Crippen molar-refractivity contribution >= 4 is 17.9 Å². The van der Waals surface area contributed by atoms with Crippen molar-refractivity contribution in [3.63, 3.8) is 0 Å². The summed E-state index contributed by atoms with van der Waals surface area (Å²) in [5.41, 5.74) is -1.14. The van der Waals surface area contributed by atoms with E-state index in [-0.39, 0.29) is 5.91 Å². The van der Waals surface area contributed by atoms with Crippen molar-refractivity contribution in [3.8, 4) is 0 Å². The molecule has 0 spiro atoms. The third-order valence-corrected chi connectivity index (χ3v) is 2.94. The minimum absolute atomic E-state index is 0.288. The van der Waals surface area contributed by atoms with Gasteiger partial charge in [0.15, 0.2) is 0 Å². The Morgan fingerprint density at radius 3 is 2.21 bits per heavy atom. The Morgan fingerprint density at radius 2 is 1.79 bits per heavy atom. The van der Waals surface area contributed by atoms with E-state index in [1.54, 1.807) is 6.92 Å². The largest absolute Gasteiger partial charge is 0.480 e. The van der Waals surface area contributed by atoms with Crippen LogP contribution in [0.3, 0.4) is 0 Å². The normalized spacial score (nSPS) is 17.5. The molecule has 1 rings (SSSR count). The summed E-state index contributed by atoms with van der Waals surface area (Å²) in [4.78, 5) is 34.1. The molecule has 1 unspecified atom stereocenters. The SMILES string of the molecule is CC(C)CNC(=O)C(C)NC(=O)NC1(C(=O)O)CC1. The maximum Gasteiger partial charge on any atom is 0.329 e. The second-order valence-electron chi connectivity index (χ2n) is 5.35. The molecular weight excluding hydrogens is 250 g/mol. The second kappa shape index (κ2) is 5.90. The summed E-state index contributed by atoms with van der Waals surface area (Å²) in [5, 5.41) is 16.4. The van der Waals surface area contributed by atoms with Gasteiger partial charge < -0.3 is 21.1 Å². The molecule has 0 saturated heterocycles. The van der Waals surface area contributed by atoms with Crippen molar-refractivity contribution < 1.29 is 19.5 Å². The number of carbonyl (C=O) groups excluding carboxylic acids is 2. The highest BCUT2D eigenvalue weighted by Crippen LogP contribution is 2.35. The fourth-order valence-corrected chi connectivity index (χ4v) is 1.49.